The maximum absolute atomic E-state index is 13.7. The number of hydrogen-bond donors (Lipinski definition) is 0. The highest BCUT2D eigenvalue weighted by molar-refractivity contribution is 6.34. The molecule has 10 heteroatoms. The Morgan fingerprint density at radius 3 is 2.65 bits per heavy atom. The van der Waals surface area contributed by atoms with Crippen LogP contribution >= 0.6 is 11.6 Å². The molecule has 0 bridgehead atoms. The van der Waals surface area contributed by atoms with Gasteiger partial charge in [0.2, 0.25) is 0 Å². The number of rotatable bonds is 4. The van der Waals surface area contributed by atoms with E-state index in [0.29, 0.717) is 35.7 Å². The molecule has 6 nitrogen and oxygen atoms in total. The normalized spacial score (nSPS) is 18.0. The Labute approximate surface area is 200 Å². The van der Waals surface area contributed by atoms with Gasteiger partial charge in [0, 0.05) is 24.0 Å². The van der Waals surface area contributed by atoms with Crippen LogP contribution in [0.25, 0.3) is 11.4 Å². The van der Waals surface area contributed by atoms with Crippen LogP contribution in [0.3, 0.4) is 0 Å². The molecule has 178 valence electrons. The molecule has 0 aliphatic carbocycles. The number of fused-ring (bicyclic) bond motifs is 1. The summed E-state index contributed by atoms with van der Waals surface area (Å²) >= 11 is 6.10. The van der Waals surface area contributed by atoms with Crippen LogP contribution < -0.4 is 0 Å². The number of halogens is 4. The van der Waals surface area contributed by atoms with E-state index in [0.717, 1.165) is 18.1 Å². The number of hydrogen-bond acceptors (Lipinski definition) is 5. The molecule has 1 amide bonds. The average Bonchev–Trinajstić information content (AvgIpc) is 2.79. The van der Waals surface area contributed by atoms with Crippen LogP contribution in [0.5, 0.6) is 0 Å². The SMILES string of the molecule is CCC[C@H]1Cc2c(-c3cnccn3)nc(C)nc2[C@@H](C)N1C(=O)c1cccc(C(F)(F)F)c1Cl. The van der Waals surface area contributed by atoms with Gasteiger partial charge in [-0.15, -0.1) is 0 Å². The first-order valence-electron chi connectivity index (χ1n) is 11.0. The second-order valence-corrected chi connectivity index (χ2v) is 8.65. The number of aromatic nitrogens is 4. The molecule has 2 aromatic heterocycles. The summed E-state index contributed by atoms with van der Waals surface area (Å²) in [6.07, 6.45) is 2.00. The molecule has 1 aromatic carbocycles. The van der Waals surface area contributed by atoms with E-state index in [4.69, 9.17) is 11.6 Å². The molecule has 0 radical (unpaired) electrons. The molecule has 1 aliphatic heterocycles. The summed E-state index contributed by atoms with van der Waals surface area (Å²) in [5.41, 5.74) is 1.58. The Balaban J connectivity index is 1.83. The summed E-state index contributed by atoms with van der Waals surface area (Å²) < 4.78 is 40.3. The Morgan fingerprint density at radius 2 is 2.00 bits per heavy atom. The molecule has 1 aliphatic rings. The highest BCUT2D eigenvalue weighted by Crippen LogP contribution is 2.41. The van der Waals surface area contributed by atoms with Crippen molar-refractivity contribution in [3.63, 3.8) is 0 Å². The molecule has 0 unspecified atom stereocenters. The van der Waals surface area contributed by atoms with Crippen molar-refractivity contribution in [1.82, 2.24) is 24.8 Å². The molecule has 0 saturated heterocycles. The molecule has 34 heavy (non-hydrogen) atoms. The van der Waals surface area contributed by atoms with Crippen molar-refractivity contribution in [3.05, 3.63) is 70.0 Å². The van der Waals surface area contributed by atoms with E-state index in [1.54, 1.807) is 30.4 Å². The zero-order chi connectivity index (χ0) is 24.6. The summed E-state index contributed by atoms with van der Waals surface area (Å²) in [7, 11) is 0. The minimum absolute atomic E-state index is 0.173. The number of benzene rings is 1. The second-order valence-electron chi connectivity index (χ2n) is 8.27. The fraction of sp³-hybridized carbons (Fsp3) is 0.375. The lowest BCUT2D eigenvalue weighted by atomic mass is 9.87. The Morgan fingerprint density at radius 1 is 1.24 bits per heavy atom. The number of carbonyl (C=O) groups is 1. The van der Waals surface area contributed by atoms with Gasteiger partial charge in [-0.3, -0.25) is 14.8 Å². The summed E-state index contributed by atoms with van der Waals surface area (Å²) in [5.74, 6) is -0.0466. The van der Waals surface area contributed by atoms with Crippen LogP contribution in [-0.4, -0.2) is 36.8 Å². The van der Waals surface area contributed by atoms with Crippen LogP contribution in [0.15, 0.2) is 36.8 Å². The molecule has 3 aromatic rings. The van der Waals surface area contributed by atoms with Gasteiger partial charge in [0.1, 0.15) is 11.5 Å². The van der Waals surface area contributed by atoms with Crippen molar-refractivity contribution in [2.24, 2.45) is 0 Å². The highest BCUT2D eigenvalue weighted by atomic mass is 35.5. The fourth-order valence-electron chi connectivity index (χ4n) is 4.55. The van der Waals surface area contributed by atoms with Crippen molar-refractivity contribution < 1.29 is 18.0 Å². The van der Waals surface area contributed by atoms with Gasteiger partial charge < -0.3 is 4.90 Å². The topological polar surface area (TPSA) is 71.9 Å². The van der Waals surface area contributed by atoms with Crippen LogP contribution in [-0.2, 0) is 12.6 Å². The number of aryl methyl sites for hydroxylation is 1. The number of amides is 1. The van der Waals surface area contributed by atoms with Crippen molar-refractivity contribution >= 4 is 17.5 Å². The molecular formula is C24H23ClF3N5O. The summed E-state index contributed by atoms with van der Waals surface area (Å²) in [6, 6.07) is 2.64. The van der Waals surface area contributed by atoms with Gasteiger partial charge in [0.15, 0.2) is 0 Å². The zero-order valence-corrected chi connectivity index (χ0v) is 19.7. The van der Waals surface area contributed by atoms with Gasteiger partial charge >= 0.3 is 6.18 Å². The van der Waals surface area contributed by atoms with Crippen LogP contribution in [0.2, 0.25) is 5.02 Å². The standard InChI is InChI=1S/C24H23ClF3N5O/c1-4-6-15-11-17-21(31-14(3)32-22(17)19-12-29-9-10-30-19)13(2)33(15)23(34)16-7-5-8-18(20(16)25)24(26,27)28/h5,7-10,12-13,15H,4,6,11H2,1-3H3/t13-,15+/m1/s1. The van der Waals surface area contributed by atoms with Gasteiger partial charge in [-0.2, -0.15) is 13.2 Å². The van der Waals surface area contributed by atoms with Gasteiger partial charge in [-0.1, -0.05) is 31.0 Å². The fourth-order valence-corrected chi connectivity index (χ4v) is 4.86. The monoisotopic (exact) mass is 489 g/mol. The van der Waals surface area contributed by atoms with E-state index in [2.05, 4.69) is 19.9 Å². The van der Waals surface area contributed by atoms with E-state index >= 15 is 0 Å². The quantitative estimate of drug-likeness (QED) is 0.460. The van der Waals surface area contributed by atoms with E-state index in [1.807, 2.05) is 13.8 Å². The third-order valence-electron chi connectivity index (χ3n) is 5.99. The predicted octanol–water partition coefficient (Wildman–Crippen LogP) is 5.84. The first kappa shape index (κ1) is 24.1. The van der Waals surface area contributed by atoms with E-state index in [-0.39, 0.29) is 11.6 Å². The summed E-state index contributed by atoms with van der Waals surface area (Å²) in [6.45, 7) is 5.57. The summed E-state index contributed by atoms with van der Waals surface area (Å²) in [5, 5.41) is -0.590. The van der Waals surface area contributed by atoms with Crippen molar-refractivity contribution in [1.29, 1.82) is 0 Å². The summed E-state index contributed by atoms with van der Waals surface area (Å²) in [4.78, 5) is 33.0. The maximum Gasteiger partial charge on any atom is 0.417 e. The van der Waals surface area contributed by atoms with Crippen LogP contribution in [0.4, 0.5) is 13.2 Å². The van der Waals surface area contributed by atoms with Crippen molar-refractivity contribution in [3.8, 4) is 11.4 Å². The van der Waals surface area contributed by atoms with Crippen molar-refractivity contribution in [2.75, 3.05) is 0 Å². The third kappa shape index (κ3) is 4.36. The minimum Gasteiger partial charge on any atom is -0.327 e. The smallest absolute Gasteiger partial charge is 0.327 e. The molecule has 0 fully saturated rings. The van der Waals surface area contributed by atoms with Crippen LogP contribution in [0.1, 0.15) is 65.7 Å². The first-order chi connectivity index (χ1) is 16.1. The van der Waals surface area contributed by atoms with E-state index in [9.17, 15) is 18.0 Å². The van der Waals surface area contributed by atoms with Gasteiger partial charge in [0.25, 0.3) is 5.91 Å². The molecule has 0 spiro atoms. The second kappa shape index (κ2) is 9.29. The van der Waals surface area contributed by atoms with E-state index in [1.165, 1.54) is 12.1 Å². The maximum atomic E-state index is 13.7. The largest absolute Gasteiger partial charge is 0.417 e. The first-order valence-corrected chi connectivity index (χ1v) is 11.3. The molecule has 4 rings (SSSR count). The van der Waals surface area contributed by atoms with Gasteiger partial charge in [-0.25, -0.2) is 9.97 Å². The minimum atomic E-state index is -4.66. The lowest BCUT2D eigenvalue weighted by Crippen LogP contribution is -2.47. The Hall–Kier alpha value is -3.07. The molecule has 0 N–H and O–H groups in total. The number of nitrogens with zero attached hydrogens (tertiary/aromatic N) is 5. The average molecular weight is 490 g/mol. The predicted molar refractivity (Wildman–Crippen MR) is 121 cm³/mol. The number of alkyl halides is 3. The highest BCUT2D eigenvalue weighted by Gasteiger charge is 2.40. The Kier molecular flexibility index (Phi) is 6.58. The number of carbonyl (C=O) groups excluding carboxylic acids is 1. The molecule has 3 heterocycles. The van der Waals surface area contributed by atoms with Gasteiger partial charge in [-0.05, 0) is 38.8 Å². The molecule has 0 saturated carbocycles. The van der Waals surface area contributed by atoms with E-state index < -0.39 is 28.7 Å². The van der Waals surface area contributed by atoms with Crippen LogP contribution in [0, 0.1) is 6.92 Å². The van der Waals surface area contributed by atoms with Gasteiger partial charge in [0.05, 0.1) is 39.8 Å². The lowest BCUT2D eigenvalue weighted by molar-refractivity contribution is -0.137. The molecular weight excluding hydrogens is 467 g/mol. The zero-order valence-electron chi connectivity index (χ0n) is 18.9. The van der Waals surface area contributed by atoms with Crippen molar-refractivity contribution in [2.45, 2.75) is 58.3 Å². The molecule has 2 atom stereocenters. The lowest BCUT2D eigenvalue weighted by Gasteiger charge is -2.42. The Bertz CT molecular complexity index is 1220. The third-order valence-corrected chi connectivity index (χ3v) is 6.40.